The summed E-state index contributed by atoms with van der Waals surface area (Å²) in [5.41, 5.74) is 4.71. The summed E-state index contributed by atoms with van der Waals surface area (Å²) < 4.78 is 11.1. The Hall–Kier alpha value is -2.14. The molecule has 2 aliphatic rings. The van der Waals surface area contributed by atoms with E-state index in [1.165, 1.54) is 17.5 Å². The summed E-state index contributed by atoms with van der Waals surface area (Å²) >= 11 is 0. The van der Waals surface area contributed by atoms with Crippen LogP contribution in [-0.4, -0.2) is 41.7 Å². The second-order valence-corrected chi connectivity index (χ2v) is 7.84. The maximum atomic E-state index is 5.76. The molecular formula is C22H29N3O2. The smallest absolute Gasteiger partial charge is 0.216 e. The Labute approximate surface area is 161 Å². The Kier molecular flexibility index (Phi) is 5.30. The normalized spacial score (nSPS) is 20.8. The third-order valence-electron chi connectivity index (χ3n) is 5.81. The number of nitrogens with zero attached hydrogens (tertiary/aromatic N) is 3. The highest BCUT2D eigenvalue weighted by atomic mass is 16.5. The minimum absolute atomic E-state index is 0.319. The van der Waals surface area contributed by atoms with Gasteiger partial charge in [0.1, 0.15) is 0 Å². The van der Waals surface area contributed by atoms with Gasteiger partial charge in [-0.3, -0.25) is 4.90 Å². The standard InChI is InChI=1S/C22H29N3O2/c1-15-11-18(13-21(23-15)26-3)12-17-8-9-25(14-17)16(2)20-7-6-19-5-4-10-27-22(19)24-20/h6-7,11,13,16-17H,4-5,8-10,12,14H2,1-3H3/t16-,17+/m0/s1. The quantitative estimate of drug-likeness (QED) is 0.806. The summed E-state index contributed by atoms with van der Waals surface area (Å²) in [6.45, 7) is 7.30. The van der Waals surface area contributed by atoms with Gasteiger partial charge in [0, 0.05) is 29.9 Å². The largest absolute Gasteiger partial charge is 0.481 e. The van der Waals surface area contributed by atoms with E-state index in [2.05, 4.69) is 41.1 Å². The van der Waals surface area contributed by atoms with Crippen LogP contribution in [0.25, 0.3) is 0 Å². The molecule has 0 spiro atoms. The Morgan fingerprint density at radius 3 is 3.04 bits per heavy atom. The summed E-state index contributed by atoms with van der Waals surface area (Å²) in [5, 5.41) is 0. The molecule has 0 unspecified atom stereocenters. The molecular weight excluding hydrogens is 338 g/mol. The Morgan fingerprint density at radius 1 is 1.30 bits per heavy atom. The van der Waals surface area contributed by atoms with Gasteiger partial charge in [-0.25, -0.2) is 9.97 Å². The highest BCUT2D eigenvalue weighted by Crippen LogP contribution is 2.31. The number of methoxy groups -OCH3 is 1. The molecule has 1 fully saturated rings. The van der Waals surface area contributed by atoms with Crippen molar-refractivity contribution in [2.75, 3.05) is 26.8 Å². The Balaban J connectivity index is 1.41. The average molecular weight is 367 g/mol. The van der Waals surface area contributed by atoms with Crippen LogP contribution in [0.1, 0.15) is 48.3 Å². The van der Waals surface area contributed by atoms with Gasteiger partial charge in [-0.15, -0.1) is 0 Å². The summed E-state index contributed by atoms with van der Waals surface area (Å²) in [6.07, 6.45) is 4.47. The van der Waals surface area contributed by atoms with Crippen LogP contribution in [0.3, 0.4) is 0 Å². The van der Waals surface area contributed by atoms with Gasteiger partial charge < -0.3 is 9.47 Å². The van der Waals surface area contributed by atoms with Crippen LogP contribution in [0, 0.1) is 12.8 Å². The highest BCUT2D eigenvalue weighted by molar-refractivity contribution is 5.31. The highest BCUT2D eigenvalue weighted by Gasteiger charge is 2.28. The first-order valence-electron chi connectivity index (χ1n) is 10.0. The number of fused-ring (bicyclic) bond motifs is 1. The maximum Gasteiger partial charge on any atom is 0.216 e. The third kappa shape index (κ3) is 4.08. The van der Waals surface area contributed by atoms with Crippen molar-refractivity contribution in [1.82, 2.24) is 14.9 Å². The Morgan fingerprint density at radius 2 is 2.19 bits per heavy atom. The van der Waals surface area contributed by atoms with Crippen molar-refractivity contribution >= 4 is 0 Å². The molecule has 27 heavy (non-hydrogen) atoms. The van der Waals surface area contributed by atoms with Gasteiger partial charge in [-0.05, 0) is 69.7 Å². The van der Waals surface area contributed by atoms with Gasteiger partial charge in [0.25, 0.3) is 0 Å². The number of hydrogen-bond donors (Lipinski definition) is 0. The molecule has 0 aromatic carbocycles. The lowest BCUT2D eigenvalue weighted by atomic mass is 9.99. The predicted molar refractivity (Wildman–Crippen MR) is 105 cm³/mol. The number of aromatic nitrogens is 2. The molecule has 0 N–H and O–H groups in total. The topological polar surface area (TPSA) is 47.5 Å². The van der Waals surface area contributed by atoms with Crippen molar-refractivity contribution in [3.05, 3.63) is 46.8 Å². The molecule has 5 nitrogen and oxygen atoms in total. The molecule has 0 aliphatic carbocycles. The zero-order valence-electron chi connectivity index (χ0n) is 16.6. The van der Waals surface area contributed by atoms with Gasteiger partial charge in [-0.2, -0.15) is 0 Å². The van der Waals surface area contributed by atoms with Gasteiger partial charge >= 0.3 is 0 Å². The number of hydrogen-bond acceptors (Lipinski definition) is 5. The van der Waals surface area contributed by atoms with E-state index < -0.39 is 0 Å². The van der Waals surface area contributed by atoms with E-state index >= 15 is 0 Å². The molecule has 0 bridgehead atoms. The van der Waals surface area contributed by atoms with E-state index in [1.807, 2.05) is 6.92 Å². The van der Waals surface area contributed by atoms with E-state index in [4.69, 9.17) is 14.5 Å². The monoisotopic (exact) mass is 367 g/mol. The zero-order valence-corrected chi connectivity index (χ0v) is 16.6. The summed E-state index contributed by atoms with van der Waals surface area (Å²) in [5.74, 6) is 2.22. The van der Waals surface area contributed by atoms with E-state index in [0.29, 0.717) is 17.8 Å². The number of likely N-dealkylation sites (tertiary alicyclic amines) is 1. The van der Waals surface area contributed by atoms with Crippen LogP contribution in [-0.2, 0) is 12.8 Å². The van der Waals surface area contributed by atoms with Crippen molar-refractivity contribution in [2.24, 2.45) is 5.92 Å². The molecule has 4 heterocycles. The molecule has 0 amide bonds. The van der Waals surface area contributed by atoms with Gasteiger partial charge in [0.2, 0.25) is 11.8 Å². The molecule has 0 radical (unpaired) electrons. The molecule has 0 saturated carbocycles. The van der Waals surface area contributed by atoms with Crippen LogP contribution < -0.4 is 9.47 Å². The molecule has 1 saturated heterocycles. The minimum atomic E-state index is 0.319. The molecule has 2 aliphatic heterocycles. The third-order valence-corrected chi connectivity index (χ3v) is 5.81. The lowest BCUT2D eigenvalue weighted by Gasteiger charge is -2.25. The fourth-order valence-electron chi connectivity index (χ4n) is 4.29. The predicted octanol–water partition coefficient (Wildman–Crippen LogP) is 3.74. The molecule has 5 heteroatoms. The second-order valence-electron chi connectivity index (χ2n) is 7.84. The first kappa shape index (κ1) is 18.2. The Bertz CT molecular complexity index is 808. The van der Waals surface area contributed by atoms with Gasteiger partial charge in [0.05, 0.1) is 19.4 Å². The van der Waals surface area contributed by atoms with Crippen molar-refractivity contribution in [3.8, 4) is 11.8 Å². The molecule has 144 valence electrons. The van der Waals surface area contributed by atoms with Crippen LogP contribution in [0.5, 0.6) is 11.8 Å². The van der Waals surface area contributed by atoms with E-state index in [1.54, 1.807) is 7.11 Å². The zero-order chi connectivity index (χ0) is 18.8. The lowest BCUT2D eigenvalue weighted by molar-refractivity contribution is 0.240. The number of pyridine rings is 2. The number of rotatable bonds is 5. The summed E-state index contributed by atoms with van der Waals surface area (Å²) in [6, 6.07) is 8.95. The fraction of sp³-hybridized carbons (Fsp3) is 0.545. The van der Waals surface area contributed by atoms with E-state index in [-0.39, 0.29) is 0 Å². The van der Waals surface area contributed by atoms with Crippen molar-refractivity contribution in [2.45, 2.75) is 45.6 Å². The lowest BCUT2D eigenvalue weighted by Crippen LogP contribution is -2.26. The summed E-state index contributed by atoms with van der Waals surface area (Å²) in [7, 11) is 1.68. The van der Waals surface area contributed by atoms with Gasteiger partial charge in [0.15, 0.2) is 0 Å². The second kappa shape index (κ2) is 7.85. The number of ether oxygens (including phenoxy) is 2. The van der Waals surface area contributed by atoms with Gasteiger partial charge in [-0.1, -0.05) is 6.07 Å². The van der Waals surface area contributed by atoms with E-state index in [9.17, 15) is 0 Å². The first-order valence-corrected chi connectivity index (χ1v) is 10.0. The molecule has 4 rings (SSSR count). The first-order chi connectivity index (χ1) is 13.1. The SMILES string of the molecule is COc1cc(C[C@H]2CCN([C@@H](C)c3ccc4c(n3)OCCC4)C2)cc(C)n1. The van der Waals surface area contributed by atoms with Crippen LogP contribution in [0.15, 0.2) is 24.3 Å². The fourth-order valence-corrected chi connectivity index (χ4v) is 4.29. The molecule has 2 aromatic rings. The van der Waals surface area contributed by atoms with Crippen molar-refractivity contribution in [3.63, 3.8) is 0 Å². The van der Waals surface area contributed by atoms with Crippen LogP contribution in [0.4, 0.5) is 0 Å². The van der Waals surface area contributed by atoms with E-state index in [0.717, 1.165) is 56.2 Å². The minimum Gasteiger partial charge on any atom is -0.481 e. The molecule has 2 atom stereocenters. The average Bonchev–Trinajstić information content (AvgIpc) is 3.15. The number of aryl methyl sites for hydroxylation is 2. The van der Waals surface area contributed by atoms with Crippen LogP contribution >= 0.6 is 0 Å². The summed E-state index contributed by atoms with van der Waals surface area (Å²) in [4.78, 5) is 11.8. The maximum absolute atomic E-state index is 5.76. The van der Waals surface area contributed by atoms with Crippen LogP contribution in [0.2, 0.25) is 0 Å². The molecule has 2 aromatic heterocycles. The van der Waals surface area contributed by atoms with Crippen molar-refractivity contribution in [1.29, 1.82) is 0 Å². The van der Waals surface area contributed by atoms with Crippen molar-refractivity contribution < 1.29 is 9.47 Å².